The fourth-order valence-electron chi connectivity index (χ4n) is 1.08. The molecule has 0 saturated heterocycles. The molecule has 0 atom stereocenters. The summed E-state index contributed by atoms with van der Waals surface area (Å²) in [7, 11) is 0. The molecule has 0 aromatic carbocycles. The molecule has 0 radical (unpaired) electrons. The Labute approximate surface area is 95.2 Å². The highest BCUT2D eigenvalue weighted by molar-refractivity contribution is 7.16. The zero-order chi connectivity index (χ0) is 11.4. The molecule has 0 spiro atoms. The summed E-state index contributed by atoms with van der Waals surface area (Å²) in [6.07, 6.45) is 4.72. The summed E-state index contributed by atoms with van der Waals surface area (Å²) in [6, 6.07) is 3.69. The Balaban J connectivity index is 1.95. The van der Waals surface area contributed by atoms with Crippen LogP contribution in [0.2, 0.25) is 0 Å². The summed E-state index contributed by atoms with van der Waals surface area (Å²) in [5.41, 5.74) is 0. The number of carbonyl (C=O) groups excluding carboxylic acids is 1. The Morgan fingerprint density at radius 3 is 3.19 bits per heavy atom. The van der Waals surface area contributed by atoms with Crippen LogP contribution in [-0.4, -0.2) is 20.7 Å². The van der Waals surface area contributed by atoms with Crippen molar-refractivity contribution in [2.75, 3.05) is 5.32 Å². The highest BCUT2D eigenvalue weighted by Gasteiger charge is 2.06. The summed E-state index contributed by atoms with van der Waals surface area (Å²) in [5.74, 6) is -0.220. The van der Waals surface area contributed by atoms with Gasteiger partial charge in [-0.2, -0.15) is 10.4 Å². The summed E-state index contributed by atoms with van der Waals surface area (Å²) < 4.78 is 1.51. The molecule has 0 bridgehead atoms. The van der Waals surface area contributed by atoms with Crippen molar-refractivity contribution in [2.24, 2.45) is 0 Å². The first-order chi connectivity index (χ1) is 7.78. The van der Waals surface area contributed by atoms with Crippen LogP contribution in [0.1, 0.15) is 4.88 Å². The van der Waals surface area contributed by atoms with Crippen molar-refractivity contribution < 1.29 is 4.79 Å². The van der Waals surface area contributed by atoms with Crippen LogP contribution >= 0.6 is 11.3 Å². The maximum absolute atomic E-state index is 11.5. The molecule has 80 valence electrons. The van der Waals surface area contributed by atoms with Crippen molar-refractivity contribution in [3.8, 4) is 6.07 Å². The highest BCUT2D eigenvalue weighted by Crippen LogP contribution is 2.16. The van der Waals surface area contributed by atoms with Gasteiger partial charge in [0.05, 0.1) is 6.20 Å². The van der Waals surface area contributed by atoms with Crippen molar-refractivity contribution >= 4 is 22.4 Å². The van der Waals surface area contributed by atoms with Gasteiger partial charge in [0.25, 0.3) is 0 Å². The number of rotatable bonds is 3. The second kappa shape index (κ2) is 4.55. The van der Waals surface area contributed by atoms with E-state index in [1.807, 2.05) is 6.07 Å². The van der Waals surface area contributed by atoms with Gasteiger partial charge in [-0.05, 0) is 6.07 Å². The molecule has 2 heterocycles. The van der Waals surface area contributed by atoms with E-state index in [1.54, 1.807) is 18.5 Å². The fraction of sp³-hybridized carbons (Fsp3) is 0.111. The van der Waals surface area contributed by atoms with Crippen molar-refractivity contribution in [3.63, 3.8) is 0 Å². The van der Waals surface area contributed by atoms with Gasteiger partial charge in [-0.25, -0.2) is 4.98 Å². The average molecular weight is 233 g/mol. The summed E-state index contributed by atoms with van der Waals surface area (Å²) in [5, 5.41) is 15.5. The lowest BCUT2D eigenvalue weighted by Gasteiger charge is -2.00. The van der Waals surface area contributed by atoms with Crippen LogP contribution in [0, 0.1) is 11.3 Å². The molecular formula is C9H7N5OS. The van der Waals surface area contributed by atoms with Crippen molar-refractivity contribution in [2.45, 2.75) is 6.54 Å². The third-order valence-corrected chi connectivity index (χ3v) is 2.54. The minimum Gasteiger partial charge on any atom is -0.300 e. The maximum atomic E-state index is 11.5. The number of hydrogen-bond donors (Lipinski definition) is 1. The van der Waals surface area contributed by atoms with E-state index in [4.69, 9.17) is 5.26 Å². The SMILES string of the molecule is N#Cc1cnc(NC(=O)Cn2cccn2)s1. The van der Waals surface area contributed by atoms with Crippen molar-refractivity contribution in [1.29, 1.82) is 5.26 Å². The third-order valence-electron chi connectivity index (χ3n) is 1.73. The summed E-state index contributed by atoms with van der Waals surface area (Å²) in [6.45, 7) is 0.133. The Morgan fingerprint density at radius 2 is 2.56 bits per heavy atom. The van der Waals surface area contributed by atoms with Crippen molar-refractivity contribution in [3.05, 3.63) is 29.5 Å². The fourth-order valence-corrected chi connectivity index (χ4v) is 1.71. The first-order valence-corrected chi connectivity index (χ1v) is 5.23. The van der Waals surface area contributed by atoms with E-state index in [9.17, 15) is 4.79 Å². The van der Waals surface area contributed by atoms with E-state index in [-0.39, 0.29) is 12.5 Å². The van der Waals surface area contributed by atoms with E-state index in [0.717, 1.165) is 11.3 Å². The molecule has 0 saturated carbocycles. The Hall–Kier alpha value is -2.20. The van der Waals surface area contributed by atoms with Crippen LogP contribution in [0.3, 0.4) is 0 Å². The Morgan fingerprint density at radius 1 is 1.69 bits per heavy atom. The molecule has 1 amide bonds. The van der Waals surface area contributed by atoms with Crippen LogP contribution in [0.15, 0.2) is 24.7 Å². The molecule has 2 rings (SSSR count). The number of thiazole rings is 1. The molecular weight excluding hydrogens is 226 g/mol. The van der Waals surface area contributed by atoms with Gasteiger partial charge in [-0.15, -0.1) is 0 Å². The van der Waals surface area contributed by atoms with Gasteiger partial charge in [-0.1, -0.05) is 11.3 Å². The molecule has 0 aliphatic carbocycles. The molecule has 2 aromatic heterocycles. The number of hydrogen-bond acceptors (Lipinski definition) is 5. The minimum absolute atomic E-state index is 0.133. The molecule has 1 N–H and O–H groups in total. The molecule has 0 aliphatic heterocycles. The number of carbonyl (C=O) groups is 1. The molecule has 2 aromatic rings. The lowest BCUT2D eigenvalue weighted by molar-refractivity contribution is -0.116. The van der Waals surface area contributed by atoms with Crippen LogP contribution in [0.5, 0.6) is 0 Å². The van der Waals surface area contributed by atoms with Gasteiger partial charge in [0.2, 0.25) is 5.91 Å². The second-order valence-corrected chi connectivity index (χ2v) is 3.92. The Bertz CT molecular complexity index is 524. The van der Waals surface area contributed by atoms with E-state index in [1.165, 1.54) is 10.9 Å². The Kier molecular flexibility index (Phi) is 2.93. The minimum atomic E-state index is -0.220. The topological polar surface area (TPSA) is 83.6 Å². The van der Waals surface area contributed by atoms with Crippen molar-refractivity contribution in [1.82, 2.24) is 14.8 Å². The number of aromatic nitrogens is 3. The molecule has 0 aliphatic rings. The lowest BCUT2D eigenvalue weighted by atomic mass is 10.6. The third kappa shape index (κ3) is 2.43. The average Bonchev–Trinajstić information content (AvgIpc) is 2.89. The molecule has 0 fully saturated rings. The summed E-state index contributed by atoms with van der Waals surface area (Å²) in [4.78, 5) is 15.8. The zero-order valence-electron chi connectivity index (χ0n) is 8.12. The van der Waals surface area contributed by atoms with E-state index >= 15 is 0 Å². The maximum Gasteiger partial charge on any atom is 0.247 e. The quantitative estimate of drug-likeness (QED) is 0.851. The first kappa shape index (κ1) is 10.3. The van der Waals surface area contributed by atoms with Gasteiger partial charge in [0.1, 0.15) is 17.5 Å². The zero-order valence-corrected chi connectivity index (χ0v) is 8.94. The van der Waals surface area contributed by atoms with Gasteiger partial charge in [-0.3, -0.25) is 9.48 Å². The standard InChI is InChI=1S/C9H7N5OS/c10-4-7-5-11-9(16-7)13-8(15)6-14-3-1-2-12-14/h1-3,5H,6H2,(H,11,13,15). The molecule has 7 heteroatoms. The predicted octanol–water partition coefficient (Wildman–Crippen LogP) is 0.850. The first-order valence-electron chi connectivity index (χ1n) is 4.41. The predicted molar refractivity (Wildman–Crippen MR) is 57.7 cm³/mol. The summed E-state index contributed by atoms with van der Waals surface area (Å²) >= 11 is 1.14. The number of amides is 1. The van der Waals surface area contributed by atoms with Crippen LogP contribution in [-0.2, 0) is 11.3 Å². The van der Waals surface area contributed by atoms with E-state index in [2.05, 4.69) is 15.4 Å². The van der Waals surface area contributed by atoms with Crippen LogP contribution < -0.4 is 5.32 Å². The van der Waals surface area contributed by atoms with Crippen LogP contribution in [0.4, 0.5) is 5.13 Å². The second-order valence-electron chi connectivity index (χ2n) is 2.89. The van der Waals surface area contributed by atoms with Crippen LogP contribution in [0.25, 0.3) is 0 Å². The monoisotopic (exact) mass is 233 g/mol. The molecule has 16 heavy (non-hydrogen) atoms. The molecule has 0 unspecified atom stereocenters. The number of nitrogens with one attached hydrogen (secondary N) is 1. The molecule has 6 nitrogen and oxygen atoms in total. The van der Waals surface area contributed by atoms with E-state index < -0.39 is 0 Å². The normalized spacial score (nSPS) is 9.69. The smallest absolute Gasteiger partial charge is 0.247 e. The van der Waals surface area contributed by atoms with E-state index in [0.29, 0.717) is 10.0 Å². The van der Waals surface area contributed by atoms with Gasteiger partial charge in [0.15, 0.2) is 5.13 Å². The lowest BCUT2D eigenvalue weighted by Crippen LogP contribution is -2.18. The van der Waals surface area contributed by atoms with Gasteiger partial charge in [0, 0.05) is 12.4 Å². The highest BCUT2D eigenvalue weighted by atomic mass is 32.1. The number of nitriles is 1. The largest absolute Gasteiger partial charge is 0.300 e. The number of nitrogens with zero attached hydrogens (tertiary/aromatic N) is 4. The van der Waals surface area contributed by atoms with Gasteiger partial charge < -0.3 is 5.32 Å². The number of anilines is 1. The van der Waals surface area contributed by atoms with Gasteiger partial charge >= 0.3 is 0 Å².